The van der Waals surface area contributed by atoms with E-state index in [1.54, 1.807) is 24.4 Å². The average molecular weight is 299 g/mol. The third-order valence-electron chi connectivity index (χ3n) is 3.00. The van der Waals surface area contributed by atoms with Gasteiger partial charge in [-0.2, -0.15) is 0 Å². The zero-order valence-electron chi connectivity index (χ0n) is 10.7. The smallest absolute Gasteiger partial charge is 0.142 e. The van der Waals surface area contributed by atoms with Crippen molar-refractivity contribution in [3.8, 4) is 0 Å². The largest absolute Gasteiger partial charge is 0.380 e. The molecular formula is C14H16Cl2N2O. The van der Waals surface area contributed by atoms with E-state index < -0.39 is 6.10 Å². The highest BCUT2D eigenvalue weighted by molar-refractivity contribution is 6.35. The predicted octanol–water partition coefficient (Wildman–Crippen LogP) is 4.07. The number of imidazole rings is 1. The third kappa shape index (κ3) is 3.30. The highest BCUT2D eigenvalue weighted by Gasteiger charge is 2.18. The van der Waals surface area contributed by atoms with Crippen LogP contribution in [-0.2, 0) is 6.54 Å². The van der Waals surface area contributed by atoms with Crippen molar-refractivity contribution in [3.05, 3.63) is 52.0 Å². The monoisotopic (exact) mass is 298 g/mol. The zero-order valence-corrected chi connectivity index (χ0v) is 12.2. The fourth-order valence-electron chi connectivity index (χ4n) is 1.95. The van der Waals surface area contributed by atoms with Gasteiger partial charge >= 0.3 is 0 Å². The van der Waals surface area contributed by atoms with Gasteiger partial charge in [0.1, 0.15) is 11.9 Å². The van der Waals surface area contributed by atoms with Crippen LogP contribution in [0, 0.1) is 0 Å². The number of aryl methyl sites for hydroxylation is 1. The molecule has 3 nitrogen and oxygen atoms in total. The van der Waals surface area contributed by atoms with Crippen LogP contribution in [0.2, 0.25) is 10.0 Å². The highest BCUT2D eigenvalue weighted by Crippen LogP contribution is 2.29. The Labute approximate surface area is 122 Å². The van der Waals surface area contributed by atoms with Crippen LogP contribution in [0.5, 0.6) is 0 Å². The van der Waals surface area contributed by atoms with Crippen LogP contribution >= 0.6 is 23.2 Å². The Morgan fingerprint density at radius 3 is 2.84 bits per heavy atom. The van der Waals surface area contributed by atoms with Crippen molar-refractivity contribution < 1.29 is 5.11 Å². The number of benzene rings is 1. The summed E-state index contributed by atoms with van der Waals surface area (Å²) in [5.74, 6) is 0.609. The minimum atomic E-state index is -0.836. The van der Waals surface area contributed by atoms with Crippen molar-refractivity contribution in [2.24, 2.45) is 0 Å². The number of unbranched alkanes of at least 4 members (excludes halogenated alkanes) is 1. The molecule has 1 heterocycles. The van der Waals surface area contributed by atoms with E-state index in [2.05, 4.69) is 11.9 Å². The number of hydrogen-bond donors (Lipinski definition) is 1. The van der Waals surface area contributed by atoms with Gasteiger partial charge in [-0.05, 0) is 18.6 Å². The molecule has 1 atom stereocenters. The fraction of sp³-hybridized carbons (Fsp3) is 0.357. The van der Waals surface area contributed by atoms with Crippen molar-refractivity contribution >= 4 is 23.2 Å². The van der Waals surface area contributed by atoms with Crippen molar-refractivity contribution in [1.82, 2.24) is 9.55 Å². The first-order chi connectivity index (χ1) is 9.13. The molecule has 1 unspecified atom stereocenters. The van der Waals surface area contributed by atoms with Gasteiger partial charge in [-0.1, -0.05) is 42.6 Å². The molecular weight excluding hydrogens is 283 g/mol. The van der Waals surface area contributed by atoms with Crippen LogP contribution in [0.15, 0.2) is 30.6 Å². The highest BCUT2D eigenvalue weighted by atomic mass is 35.5. The molecule has 0 aliphatic heterocycles. The molecule has 102 valence electrons. The van der Waals surface area contributed by atoms with E-state index >= 15 is 0 Å². The lowest BCUT2D eigenvalue weighted by molar-refractivity contribution is 0.204. The van der Waals surface area contributed by atoms with Gasteiger partial charge in [0.15, 0.2) is 0 Å². The molecule has 0 bridgehead atoms. The van der Waals surface area contributed by atoms with Crippen LogP contribution in [-0.4, -0.2) is 14.7 Å². The summed E-state index contributed by atoms with van der Waals surface area (Å²) in [4.78, 5) is 4.23. The van der Waals surface area contributed by atoms with Gasteiger partial charge in [0.25, 0.3) is 0 Å². The Bertz CT molecular complexity index is 554. The standard InChI is InChI=1S/C14H16Cl2N2O/c1-2-3-7-18-8-6-17-14(18)13(19)11-5-4-10(15)9-12(11)16/h4-6,8-9,13,19H,2-3,7H2,1H3. The Hall–Kier alpha value is -1.03. The minimum absolute atomic E-state index is 0.449. The summed E-state index contributed by atoms with van der Waals surface area (Å²) in [5.41, 5.74) is 0.620. The number of hydrogen-bond acceptors (Lipinski definition) is 2. The molecule has 0 radical (unpaired) electrons. The second-order valence-electron chi connectivity index (χ2n) is 4.40. The number of halogens is 2. The molecule has 1 N–H and O–H groups in total. The molecule has 1 aromatic carbocycles. The first-order valence-corrected chi connectivity index (χ1v) is 7.03. The Morgan fingerprint density at radius 1 is 1.37 bits per heavy atom. The van der Waals surface area contributed by atoms with E-state index in [9.17, 15) is 5.11 Å². The van der Waals surface area contributed by atoms with Crippen molar-refractivity contribution in [2.45, 2.75) is 32.4 Å². The summed E-state index contributed by atoms with van der Waals surface area (Å²) in [6, 6.07) is 5.07. The molecule has 0 aliphatic rings. The van der Waals surface area contributed by atoms with E-state index in [-0.39, 0.29) is 0 Å². The molecule has 0 saturated carbocycles. The zero-order chi connectivity index (χ0) is 13.8. The van der Waals surface area contributed by atoms with Crippen LogP contribution in [0.25, 0.3) is 0 Å². The van der Waals surface area contributed by atoms with Crippen LogP contribution in [0.1, 0.15) is 37.3 Å². The first kappa shape index (κ1) is 14.4. The van der Waals surface area contributed by atoms with Gasteiger partial charge in [0.05, 0.1) is 0 Å². The number of aliphatic hydroxyl groups excluding tert-OH is 1. The molecule has 0 aliphatic carbocycles. The summed E-state index contributed by atoms with van der Waals surface area (Å²) in [6.45, 7) is 2.97. The minimum Gasteiger partial charge on any atom is -0.380 e. The van der Waals surface area contributed by atoms with Gasteiger partial charge in [-0.25, -0.2) is 4.98 Å². The molecule has 0 saturated heterocycles. The van der Waals surface area contributed by atoms with E-state index in [0.717, 1.165) is 19.4 Å². The predicted molar refractivity (Wildman–Crippen MR) is 77.7 cm³/mol. The van der Waals surface area contributed by atoms with E-state index in [0.29, 0.717) is 21.4 Å². The topological polar surface area (TPSA) is 38.0 Å². The second kappa shape index (κ2) is 6.42. The molecule has 0 spiro atoms. The molecule has 19 heavy (non-hydrogen) atoms. The second-order valence-corrected chi connectivity index (χ2v) is 5.24. The summed E-state index contributed by atoms with van der Waals surface area (Å²) in [6.07, 6.45) is 4.87. The molecule has 2 rings (SSSR count). The summed E-state index contributed by atoms with van der Waals surface area (Å²) in [5, 5.41) is 11.4. The molecule has 2 aromatic rings. The molecule has 5 heteroatoms. The number of aromatic nitrogens is 2. The van der Waals surface area contributed by atoms with E-state index in [1.165, 1.54) is 0 Å². The lowest BCUT2D eigenvalue weighted by Crippen LogP contribution is -2.10. The lowest BCUT2D eigenvalue weighted by atomic mass is 10.1. The van der Waals surface area contributed by atoms with Gasteiger partial charge in [-0.3, -0.25) is 0 Å². The number of nitrogens with zero attached hydrogens (tertiary/aromatic N) is 2. The van der Waals surface area contributed by atoms with Gasteiger partial charge < -0.3 is 9.67 Å². The first-order valence-electron chi connectivity index (χ1n) is 6.27. The van der Waals surface area contributed by atoms with Crippen molar-refractivity contribution in [1.29, 1.82) is 0 Å². The number of aliphatic hydroxyl groups is 1. The summed E-state index contributed by atoms with van der Waals surface area (Å²) >= 11 is 12.0. The summed E-state index contributed by atoms with van der Waals surface area (Å²) in [7, 11) is 0. The van der Waals surface area contributed by atoms with Gasteiger partial charge in [0.2, 0.25) is 0 Å². The average Bonchev–Trinajstić information content (AvgIpc) is 2.83. The molecule has 0 amide bonds. The Morgan fingerprint density at radius 2 is 2.16 bits per heavy atom. The van der Waals surface area contributed by atoms with Crippen molar-refractivity contribution in [3.63, 3.8) is 0 Å². The van der Waals surface area contributed by atoms with Gasteiger partial charge in [-0.15, -0.1) is 0 Å². The van der Waals surface area contributed by atoms with E-state index in [4.69, 9.17) is 23.2 Å². The maximum absolute atomic E-state index is 10.4. The van der Waals surface area contributed by atoms with Crippen molar-refractivity contribution in [2.75, 3.05) is 0 Å². The third-order valence-corrected chi connectivity index (χ3v) is 3.56. The maximum Gasteiger partial charge on any atom is 0.142 e. The van der Waals surface area contributed by atoms with Crippen LogP contribution in [0.3, 0.4) is 0 Å². The normalized spacial score (nSPS) is 12.6. The summed E-state index contributed by atoms with van der Waals surface area (Å²) < 4.78 is 1.96. The maximum atomic E-state index is 10.4. The Balaban J connectivity index is 2.28. The van der Waals surface area contributed by atoms with E-state index in [1.807, 2.05) is 10.8 Å². The SMILES string of the molecule is CCCCn1ccnc1C(O)c1ccc(Cl)cc1Cl. The van der Waals surface area contributed by atoms with Crippen LogP contribution < -0.4 is 0 Å². The van der Waals surface area contributed by atoms with Gasteiger partial charge in [0, 0.05) is 34.5 Å². The number of rotatable bonds is 5. The fourth-order valence-corrected chi connectivity index (χ4v) is 2.46. The molecule has 0 fully saturated rings. The quantitative estimate of drug-likeness (QED) is 0.903. The molecule has 1 aromatic heterocycles. The lowest BCUT2D eigenvalue weighted by Gasteiger charge is -2.15. The Kier molecular flexibility index (Phi) is 4.86. The van der Waals surface area contributed by atoms with Crippen LogP contribution in [0.4, 0.5) is 0 Å².